The molecule has 0 saturated carbocycles. The summed E-state index contributed by atoms with van der Waals surface area (Å²) in [5, 5.41) is 0. The summed E-state index contributed by atoms with van der Waals surface area (Å²) in [6, 6.07) is 10.6. The first-order chi connectivity index (χ1) is 8.16. The van der Waals surface area contributed by atoms with Gasteiger partial charge in [-0.05, 0) is 30.4 Å². The van der Waals surface area contributed by atoms with Gasteiger partial charge in [0.15, 0.2) is 0 Å². The van der Waals surface area contributed by atoms with Gasteiger partial charge in [0, 0.05) is 19.1 Å². The van der Waals surface area contributed by atoms with Crippen LogP contribution in [0.5, 0.6) is 0 Å². The third-order valence-corrected chi connectivity index (χ3v) is 3.85. The highest BCUT2D eigenvalue weighted by atomic mass is 15.1. The van der Waals surface area contributed by atoms with E-state index in [0.717, 1.165) is 12.5 Å². The average molecular weight is 232 g/mol. The monoisotopic (exact) mass is 232 g/mol. The van der Waals surface area contributed by atoms with E-state index in [4.69, 9.17) is 5.73 Å². The minimum Gasteiger partial charge on any atom is -0.324 e. The molecule has 1 fully saturated rings. The molecule has 1 saturated heterocycles. The Kier molecular flexibility index (Phi) is 4.19. The third kappa shape index (κ3) is 3.30. The summed E-state index contributed by atoms with van der Waals surface area (Å²) >= 11 is 0. The van der Waals surface area contributed by atoms with Crippen LogP contribution in [0.25, 0.3) is 0 Å². The Morgan fingerprint density at radius 1 is 1.35 bits per heavy atom. The number of nitrogens with two attached hydrogens (primary N) is 1. The summed E-state index contributed by atoms with van der Waals surface area (Å²) < 4.78 is 0. The second-order valence-electron chi connectivity index (χ2n) is 5.57. The molecule has 1 aliphatic heterocycles. The van der Waals surface area contributed by atoms with Crippen molar-refractivity contribution in [1.29, 1.82) is 0 Å². The van der Waals surface area contributed by atoms with Gasteiger partial charge >= 0.3 is 0 Å². The molecule has 0 bridgehead atoms. The van der Waals surface area contributed by atoms with Crippen molar-refractivity contribution in [2.75, 3.05) is 19.6 Å². The van der Waals surface area contributed by atoms with Crippen molar-refractivity contribution in [3.63, 3.8) is 0 Å². The Morgan fingerprint density at radius 3 is 2.65 bits per heavy atom. The number of likely N-dealkylation sites (tertiary alicyclic amines) is 1. The van der Waals surface area contributed by atoms with E-state index in [1.54, 1.807) is 0 Å². The fourth-order valence-corrected chi connectivity index (χ4v) is 2.72. The van der Waals surface area contributed by atoms with Crippen LogP contribution in [0.1, 0.15) is 31.9 Å². The zero-order valence-corrected chi connectivity index (χ0v) is 11.0. The zero-order valence-electron chi connectivity index (χ0n) is 11.0. The Labute approximate surface area is 105 Å². The molecule has 2 nitrogen and oxygen atoms in total. The van der Waals surface area contributed by atoms with Crippen LogP contribution >= 0.6 is 0 Å². The smallest absolute Gasteiger partial charge is 0.0333 e. The Bertz CT molecular complexity index is 336. The van der Waals surface area contributed by atoms with Crippen LogP contribution in [0.4, 0.5) is 0 Å². The zero-order chi connectivity index (χ0) is 12.3. The van der Waals surface area contributed by atoms with Gasteiger partial charge in [-0.2, -0.15) is 0 Å². The van der Waals surface area contributed by atoms with Crippen LogP contribution in [0, 0.1) is 11.8 Å². The molecule has 2 N–H and O–H groups in total. The predicted octanol–water partition coefficient (Wildman–Crippen LogP) is 2.66. The van der Waals surface area contributed by atoms with E-state index in [-0.39, 0.29) is 6.04 Å². The van der Waals surface area contributed by atoms with E-state index >= 15 is 0 Å². The van der Waals surface area contributed by atoms with Crippen molar-refractivity contribution in [3.05, 3.63) is 35.9 Å². The van der Waals surface area contributed by atoms with E-state index in [9.17, 15) is 0 Å². The standard InChI is InChI=1S/C15H24N2/c1-12-8-9-17(10-12)11-13(2)15(16)14-6-4-3-5-7-14/h3-7,12-13,15H,8-11,16H2,1-2H3. The van der Waals surface area contributed by atoms with E-state index in [0.29, 0.717) is 5.92 Å². The molecule has 1 heterocycles. The minimum atomic E-state index is 0.159. The highest BCUT2D eigenvalue weighted by Crippen LogP contribution is 2.23. The number of hydrogen-bond acceptors (Lipinski definition) is 2. The summed E-state index contributed by atoms with van der Waals surface area (Å²) in [6.45, 7) is 8.21. The Morgan fingerprint density at radius 2 is 2.06 bits per heavy atom. The van der Waals surface area contributed by atoms with Crippen LogP contribution in [0.3, 0.4) is 0 Å². The first-order valence-corrected chi connectivity index (χ1v) is 6.69. The molecule has 2 heteroatoms. The largest absolute Gasteiger partial charge is 0.324 e. The lowest BCUT2D eigenvalue weighted by atomic mass is 9.95. The van der Waals surface area contributed by atoms with Crippen molar-refractivity contribution in [2.24, 2.45) is 17.6 Å². The molecule has 0 aliphatic carbocycles. The van der Waals surface area contributed by atoms with Gasteiger partial charge in [0.25, 0.3) is 0 Å². The number of nitrogens with zero attached hydrogens (tertiary/aromatic N) is 1. The second kappa shape index (κ2) is 5.65. The van der Waals surface area contributed by atoms with Crippen molar-refractivity contribution in [2.45, 2.75) is 26.3 Å². The maximum absolute atomic E-state index is 6.32. The van der Waals surface area contributed by atoms with Crippen LogP contribution in [-0.4, -0.2) is 24.5 Å². The summed E-state index contributed by atoms with van der Waals surface area (Å²) in [7, 11) is 0. The lowest BCUT2D eigenvalue weighted by Gasteiger charge is -2.25. The highest BCUT2D eigenvalue weighted by molar-refractivity contribution is 5.19. The fraction of sp³-hybridized carbons (Fsp3) is 0.600. The van der Waals surface area contributed by atoms with Gasteiger partial charge in [-0.3, -0.25) is 0 Å². The van der Waals surface area contributed by atoms with Gasteiger partial charge in [-0.1, -0.05) is 44.2 Å². The number of hydrogen-bond donors (Lipinski definition) is 1. The van der Waals surface area contributed by atoms with Crippen LogP contribution in [0.15, 0.2) is 30.3 Å². The third-order valence-electron chi connectivity index (χ3n) is 3.85. The molecule has 0 radical (unpaired) electrons. The predicted molar refractivity (Wildman–Crippen MR) is 72.8 cm³/mol. The normalized spacial score (nSPS) is 24.8. The van der Waals surface area contributed by atoms with Crippen LogP contribution in [-0.2, 0) is 0 Å². The van der Waals surface area contributed by atoms with Crippen molar-refractivity contribution < 1.29 is 0 Å². The van der Waals surface area contributed by atoms with Crippen molar-refractivity contribution in [3.8, 4) is 0 Å². The van der Waals surface area contributed by atoms with Gasteiger partial charge < -0.3 is 10.6 Å². The van der Waals surface area contributed by atoms with Crippen molar-refractivity contribution >= 4 is 0 Å². The molecule has 1 aromatic rings. The van der Waals surface area contributed by atoms with E-state index in [1.807, 2.05) is 6.07 Å². The van der Waals surface area contributed by atoms with Gasteiger partial charge in [0.1, 0.15) is 0 Å². The minimum absolute atomic E-state index is 0.159. The molecular weight excluding hydrogens is 208 g/mol. The maximum Gasteiger partial charge on any atom is 0.0333 e. The molecule has 3 unspecified atom stereocenters. The second-order valence-corrected chi connectivity index (χ2v) is 5.57. The molecule has 3 atom stereocenters. The molecular formula is C15H24N2. The quantitative estimate of drug-likeness (QED) is 0.864. The van der Waals surface area contributed by atoms with Crippen LogP contribution in [0.2, 0.25) is 0 Å². The molecule has 0 amide bonds. The van der Waals surface area contributed by atoms with Gasteiger partial charge in [0.2, 0.25) is 0 Å². The maximum atomic E-state index is 6.32. The average Bonchev–Trinajstić information content (AvgIpc) is 2.75. The van der Waals surface area contributed by atoms with Gasteiger partial charge in [-0.15, -0.1) is 0 Å². The molecule has 1 aromatic carbocycles. The number of rotatable bonds is 4. The summed E-state index contributed by atoms with van der Waals surface area (Å²) in [5.41, 5.74) is 7.58. The fourth-order valence-electron chi connectivity index (χ4n) is 2.72. The first kappa shape index (κ1) is 12.6. The van der Waals surface area contributed by atoms with Gasteiger partial charge in [-0.25, -0.2) is 0 Å². The highest BCUT2D eigenvalue weighted by Gasteiger charge is 2.23. The molecule has 0 spiro atoms. The topological polar surface area (TPSA) is 29.3 Å². The Hall–Kier alpha value is -0.860. The van der Waals surface area contributed by atoms with Gasteiger partial charge in [0.05, 0.1) is 0 Å². The summed E-state index contributed by atoms with van der Waals surface area (Å²) in [4.78, 5) is 2.55. The first-order valence-electron chi connectivity index (χ1n) is 6.69. The molecule has 1 aliphatic rings. The lowest BCUT2D eigenvalue weighted by Crippen LogP contribution is -2.32. The molecule has 17 heavy (non-hydrogen) atoms. The number of benzene rings is 1. The Balaban J connectivity index is 1.89. The molecule has 0 aromatic heterocycles. The molecule has 94 valence electrons. The lowest BCUT2D eigenvalue weighted by molar-refractivity contribution is 0.259. The SMILES string of the molecule is CC1CCN(CC(C)C(N)c2ccccc2)C1. The summed E-state index contributed by atoms with van der Waals surface area (Å²) in [6.07, 6.45) is 1.34. The van der Waals surface area contributed by atoms with E-state index in [2.05, 4.69) is 43.0 Å². The molecule has 2 rings (SSSR count). The van der Waals surface area contributed by atoms with E-state index in [1.165, 1.54) is 25.1 Å². The van der Waals surface area contributed by atoms with E-state index < -0.39 is 0 Å². The van der Waals surface area contributed by atoms with Crippen molar-refractivity contribution in [1.82, 2.24) is 4.90 Å². The summed E-state index contributed by atoms with van der Waals surface area (Å²) in [5.74, 6) is 1.37. The van der Waals surface area contributed by atoms with Crippen LogP contribution < -0.4 is 5.73 Å².